The van der Waals surface area contributed by atoms with E-state index in [0.717, 1.165) is 6.20 Å². The molecule has 0 bridgehead atoms. The van der Waals surface area contributed by atoms with Gasteiger partial charge in [0.2, 0.25) is 5.91 Å². The lowest BCUT2D eigenvalue weighted by atomic mass is 9.82. The minimum Gasteiger partial charge on any atom is -0.393 e. The first kappa shape index (κ1) is 12.5. The molecule has 1 fully saturated rings. The van der Waals surface area contributed by atoms with Gasteiger partial charge in [0.25, 0.3) is 0 Å². The first-order valence-corrected chi connectivity index (χ1v) is 5.66. The van der Waals surface area contributed by atoms with Crippen molar-refractivity contribution in [2.45, 2.75) is 25.5 Å². The molecule has 2 N–H and O–H groups in total. The Labute approximate surface area is 103 Å². The highest BCUT2D eigenvalue weighted by atomic mass is 16.6. The zero-order valence-electron chi connectivity index (χ0n) is 9.65. The second-order valence-corrected chi connectivity index (χ2v) is 4.45. The van der Waals surface area contributed by atoms with Gasteiger partial charge in [0, 0.05) is 6.54 Å². The molecular weight excluding hydrogens is 240 g/mol. The van der Waals surface area contributed by atoms with Crippen molar-refractivity contribution >= 4 is 11.6 Å². The Bertz CT molecular complexity index is 452. The van der Waals surface area contributed by atoms with E-state index in [1.54, 1.807) is 0 Å². The average molecular weight is 254 g/mol. The predicted octanol–water partition coefficient (Wildman–Crippen LogP) is -0.322. The van der Waals surface area contributed by atoms with Gasteiger partial charge in [0.15, 0.2) is 0 Å². The second-order valence-electron chi connectivity index (χ2n) is 4.45. The van der Waals surface area contributed by atoms with E-state index in [1.807, 2.05) is 0 Å². The van der Waals surface area contributed by atoms with Gasteiger partial charge in [0.05, 0.1) is 11.0 Å². The van der Waals surface area contributed by atoms with Crippen molar-refractivity contribution in [1.29, 1.82) is 0 Å². The maximum absolute atomic E-state index is 11.5. The van der Waals surface area contributed by atoms with Crippen LogP contribution in [0.3, 0.4) is 0 Å². The van der Waals surface area contributed by atoms with Crippen LogP contribution in [-0.4, -0.2) is 38.4 Å². The van der Waals surface area contributed by atoms with Gasteiger partial charge < -0.3 is 10.4 Å². The third kappa shape index (κ3) is 3.04. The number of nitro groups is 1. The Kier molecular flexibility index (Phi) is 3.56. The lowest BCUT2D eigenvalue weighted by Crippen LogP contribution is -2.39. The second kappa shape index (κ2) is 5.13. The molecule has 1 amide bonds. The number of hydrogen-bond acceptors (Lipinski definition) is 5. The van der Waals surface area contributed by atoms with Crippen LogP contribution in [0.1, 0.15) is 12.8 Å². The van der Waals surface area contributed by atoms with Crippen LogP contribution in [0.4, 0.5) is 5.69 Å². The van der Waals surface area contributed by atoms with Crippen LogP contribution >= 0.6 is 0 Å². The molecule has 0 radical (unpaired) electrons. The lowest BCUT2D eigenvalue weighted by Gasteiger charge is -2.31. The van der Waals surface area contributed by atoms with Crippen molar-refractivity contribution in [3.8, 4) is 0 Å². The van der Waals surface area contributed by atoms with Gasteiger partial charge in [-0.25, -0.2) is 0 Å². The molecular formula is C10H14N4O4. The summed E-state index contributed by atoms with van der Waals surface area (Å²) >= 11 is 0. The highest BCUT2D eigenvalue weighted by molar-refractivity contribution is 5.75. The molecule has 1 heterocycles. The monoisotopic (exact) mass is 254 g/mol. The van der Waals surface area contributed by atoms with E-state index in [0.29, 0.717) is 25.3 Å². The van der Waals surface area contributed by atoms with E-state index in [-0.39, 0.29) is 24.2 Å². The number of aromatic nitrogens is 2. The normalized spacial score (nSPS) is 22.3. The molecule has 0 aliphatic heterocycles. The van der Waals surface area contributed by atoms with E-state index >= 15 is 0 Å². The Hall–Kier alpha value is -1.96. The number of rotatable bonds is 5. The fourth-order valence-electron chi connectivity index (χ4n) is 1.86. The van der Waals surface area contributed by atoms with Crippen LogP contribution in [0, 0.1) is 16.0 Å². The molecule has 2 rings (SSSR count). The third-order valence-corrected chi connectivity index (χ3v) is 2.93. The maximum Gasteiger partial charge on any atom is 0.307 e. The standard InChI is InChI=1S/C10H14N4O4/c15-9-1-7(2-9)3-11-10(16)6-13-5-8(4-12-13)14(17)18/h4-5,7,9,15H,1-3,6H2,(H,11,16). The maximum atomic E-state index is 11.5. The van der Waals surface area contributed by atoms with Gasteiger partial charge in [0.1, 0.15) is 18.9 Å². The van der Waals surface area contributed by atoms with Crippen LogP contribution in [0.15, 0.2) is 12.4 Å². The molecule has 0 saturated heterocycles. The first-order chi connectivity index (χ1) is 8.54. The third-order valence-electron chi connectivity index (χ3n) is 2.93. The summed E-state index contributed by atoms with van der Waals surface area (Å²) in [5.41, 5.74) is -0.134. The summed E-state index contributed by atoms with van der Waals surface area (Å²) in [6.07, 6.45) is 3.52. The number of hydrogen-bond donors (Lipinski definition) is 2. The average Bonchev–Trinajstić information content (AvgIpc) is 2.71. The zero-order valence-corrected chi connectivity index (χ0v) is 9.65. The topological polar surface area (TPSA) is 110 Å². The van der Waals surface area contributed by atoms with E-state index in [1.165, 1.54) is 10.9 Å². The van der Waals surface area contributed by atoms with Gasteiger partial charge >= 0.3 is 5.69 Å². The minimum atomic E-state index is -0.558. The smallest absolute Gasteiger partial charge is 0.307 e. The Morgan fingerprint density at radius 1 is 1.67 bits per heavy atom. The molecule has 0 aromatic carbocycles. The summed E-state index contributed by atoms with van der Waals surface area (Å²) in [7, 11) is 0. The zero-order chi connectivity index (χ0) is 13.1. The summed E-state index contributed by atoms with van der Waals surface area (Å²) in [6, 6.07) is 0. The summed E-state index contributed by atoms with van der Waals surface area (Å²) in [6.45, 7) is 0.488. The van der Waals surface area contributed by atoms with Gasteiger partial charge in [-0.15, -0.1) is 0 Å². The summed E-state index contributed by atoms with van der Waals surface area (Å²) in [5, 5.41) is 25.9. The molecule has 18 heavy (non-hydrogen) atoms. The molecule has 1 saturated carbocycles. The van der Waals surface area contributed by atoms with Crippen molar-refractivity contribution in [3.63, 3.8) is 0 Å². The molecule has 0 spiro atoms. The number of amides is 1. The van der Waals surface area contributed by atoms with Crippen molar-refractivity contribution < 1.29 is 14.8 Å². The Morgan fingerprint density at radius 2 is 2.39 bits per heavy atom. The van der Waals surface area contributed by atoms with Crippen molar-refractivity contribution in [1.82, 2.24) is 15.1 Å². The van der Waals surface area contributed by atoms with Gasteiger partial charge in [-0.3, -0.25) is 19.6 Å². The molecule has 0 unspecified atom stereocenters. The van der Waals surface area contributed by atoms with E-state index in [9.17, 15) is 14.9 Å². The van der Waals surface area contributed by atoms with E-state index in [4.69, 9.17) is 5.11 Å². The molecule has 1 aliphatic carbocycles. The lowest BCUT2D eigenvalue weighted by molar-refractivity contribution is -0.385. The fraction of sp³-hybridized carbons (Fsp3) is 0.600. The van der Waals surface area contributed by atoms with Crippen LogP contribution in [0.2, 0.25) is 0 Å². The molecule has 1 aromatic rings. The van der Waals surface area contributed by atoms with Crippen molar-refractivity contribution in [3.05, 3.63) is 22.5 Å². The summed E-state index contributed by atoms with van der Waals surface area (Å²) in [5.74, 6) is 0.0882. The number of carbonyl (C=O) groups excluding carboxylic acids is 1. The quantitative estimate of drug-likeness (QED) is 0.552. The van der Waals surface area contributed by atoms with Crippen LogP contribution in [0.25, 0.3) is 0 Å². The first-order valence-electron chi connectivity index (χ1n) is 5.66. The molecule has 0 atom stereocenters. The van der Waals surface area contributed by atoms with Crippen molar-refractivity contribution in [2.24, 2.45) is 5.92 Å². The highest BCUT2D eigenvalue weighted by Crippen LogP contribution is 2.25. The molecule has 98 valence electrons. The van der Waals surface area contributed by atoms with E-state index in [2.05, 4.69) is 10.4 Å². The van der Waals surface area contributed by atoms with Gasteiger partial charge in [-0.05, 0) is 18.8 Å². The summed E-state index contributed by atoms with van der Waals surface area (Å²) in [4.78, 5) is 21.4. The van der Waals surface area contributed by atoms with Crippen LogP contribution in [-0.2, 0) is 11.3 Å². The molecule has 1 aromatic heterocycles. The van der Waals surface area contributed by atoms with E-state index < -0.39 is 4.92 Å². The Balaban J connectivity index is 1.74. The molecule has 8 heteroatoms. The highest BCUT2D eigenvalue weighted by Gasteiger charge is 2.27. The largest absolute Gasteiger partial charge is 0.393 e. The summed E-state index contributed by atoms with van der Waals surface area (Å²) < 4.78 is 1.23. The number of carbonyl (C=O) groups is 1. The van der Waals surface area contributed by atoms with Crippen molar-refractivity contribution in [2.75, 3.05) is 6.54 Å². The molecule has 8 nitrogen and oxygen atoms in total. The van der Waals surface area contributed by atoms with Crippen LogP contribution < -0.4 is 5.32 Å². The molecule has 1 aliphatic rings. The SMILES string of the molecule is O=C(Cn1cc([N+](=O)[O-])cn1)NCC1CC(O)C1. The van der Waals surface area contributed by atoms with Gasteiger partial charge in [-0.2, -0.15) is 5.10 Å². The predicted molar refractivity (Wildman–Crippen MR) is 60.6 cm³/mol. The minimum absolute atomic E-state index is 0.0386. The number of nitrogens with one attached hydrogen (secondary N) is 1. The number of aliphatic hydroxyl groups excluding tert-OH is 1. The Morgan fingerprint density at radius 3 is 2.94 bits per heavy atom. The van der Waals surface area contributed by atoms with Crippen LogP contribution in [0.5, 0.6) is 0 Å². The number of aliphatic hydroxyl groups is 1. The van der Waals surface area contributed by atoms with Gasteiger partial charge in [-0.1, -0.05) is 0 Å². The number of nitrogens with zero attached hydrogens (tertiary/aromatic N) is 3. The fourth-order valence-corrected chi connectivity index (χ4v) is 1.86.